The standard InChI is InChI=1S/C12H18N2O2/c1-9(2)10-3-5-11(6-4-10)16-8-7-14-12(13)15/h3-6,9H,7-8H2,1-2H3,(H3,13,14,15). The lowest BCUT2D eigenvalue weighted by atomic mass is 10.0. The van der Waals surface area contributed by atoms with E-state index in [0.717, 1.165) is 5.75 Å². The van der Waals surface area contributed by atoms with Crippen molar-refractivity contribution in [3.8, 4) is 5.75 Å². The Kier molecular flexibility index (Phi) is 4.64. The smallest absolute Gasteiger partial charge is 0.312 e. The number of urea groups is 1. The van der Waals surface area contributed by atoms with Crippen molar-refractivity contribution in [3.05, 3.63) is 29.8 Å². The van der Waals surface area contributed by atoms with Gasteiger partial charge < -0.3 is 15.8 Å². The largest absolute Gasteiger partial charge is 0.492 e. The minimum atomic E-state index is -0.529. The number of nitrogens with one attached hydrogen (secondary N) is 1. The highest BCUT2D eigenvalue weighted by Crippen LogP contribution is 2.18. The van der Waals surface area contributed by atoms with E-state index in [9.17, 15) is 4.79 Å². The first-order valence-electron chi connectivity index (χ1n) is 5.35. The maximum atomic E-state index is 10.4. The van der Waals surface area contributed by atoms with Gasteiger partial charge in [-0.15, -0.1) is 0 Å². The van der Waals surface area contributed by atoms with Crippen LogP contribution in [0.15, 0.2) is 24.3 Å². The molecule has 0 unspecified atom stereocenters. The van der Waals surface area contributed by atoms with E-state index in [-0.39, 0.29) is 0 Å². The molecule has 3 N–H and O–H groups in total. The molecule has 88 valence electrons. The topological polar surface area (TPSA) is 64.3 Å². The third-order valence-electron chi connectivity index (χ3n) is 2.22. The molecule has 0 fully saturated rings. The van der Waals surface area contributed by atoms with Crippen LogP contribution in [0.5, 0.6) is 5.75 Å². The Morgan fingerprint density at radius 1 is 1.38 bits per heavy atom. The fourth-order valence-electron chi connectivity index (χ4n) is 1.29. The molecule has 0 saturated carbocycles. The number of primary amides is 1. The van der Waals surface area contributed by atoms with Crippen LogP contribution in [0.2, 0.25) is 0 Å². The summed E-state index contributed by atoms with van der Waals surface area (Å²) in [6, 6.07) is 7.42. The van der Waals surface area contributed by atoms with Crippen LogP contribution in [0.4, 0.5) is 4.79 Å². The number of benzene rings is 1. The number of ether oxygens (including phenoxy) is 1. The molecule has 0 aliphatic rings. The van der Waals surface area contributed by atoms with Gasteiger partial charge in [0, 0.05) is 0 Å². The van der Waals surface area contributed by atoms with E-state index in [2.05, 4.69) is 19.2 Å². The molecule has 4 nitrogen and oxygen atoms in total. The first-order valence-corrected chi connectivity index (χ1v) is 5.35. The molecular formula is C12H18N2O2. The number of nitrogens with two attached hydrogens (primary N) is 1. The molecule has 0 aliphatic heterocycles. The molecule has 0 saturated heterocycles. The molecule has 0 aliphatic carbocycles. The van der Waals surface area contributed by atoms with Crippen LogP contribution in [0.3, 0.4) is 0 Å². The van der Waals surface area contributed by atoms with Crippen molar-refractivity contribution in [2.45, 2.75) is 19.8 Å². The minimum absolute atomic E-state index is 0.418. The number of carbonyl (C=O) groups is 1. The van der Waals surface area contributed by atoms with Crippen molar-refractivity contribution in [1.29, 1.82) is 0 Å². The number of hydrogen-bond donors (Lipinski definition) is 2. The maximum Gasteiger partial charge on any atom is 0.312 e. The lowest BCUT2D eigenvalue weighted by Gasteiger charge is -2.08. The van der Waals surface area contributed by atoms with Gasteiger partial charge in [0.25, 0.3) is 0 Å². The van der Waals surface area contributed by atoms with Crippen LogP contribution in [0.1, 0.15) is 25.3 Å². The summed E-state index contributed by atoms with van der Waals surface area (Å²) in [6.07, 6.45) is 0. The Balaban J connectivity index is 2.35. The second-order valence-electron chi connectivity index (χ2n) is 3.86. The second-order valence-corrected chi connectivity index (χ2v) is 3.86. The predicted octanol–water partition coefficient (Wildman–Crippen LogP) is 1.86. The Morgan fingerprint density at radius 2 is 2.00 bits per heavy atom. The monoisotopic (exact) mass is 222 g/mol. The molecule has 1 aromatic rings. The van der Waals surface area contributed by atoms with Gasteiger partial charge in [0.15, 0.2) is 0 Å². The number of amides is 2. The third-order valence-corrected chi connectivity index (χ3v) is 2.22. The summed E-state index contributed by atoms with van der Waals surface area (Å²) in [6.45, 7) is 5.13. The van der Waals surface area contributed by atoms with E-state index < -0.39 is 6.03 Å². The lowest BCUT2D eigenvalue weighted by Crippen LogP contribution is -2.32. The summed E-state index contributed by atoms with van der Waals surface area (Å²) < 4.78 is 5.42. The minimum Gasteiger partial charge on any atom is -0.492 e. The van der Waals surface area contributed by atoms with Gasteiger partial charge >= 0.3 is 6.03 Å². The lowest BCUT2D eigenvalue weighted by molar-refractivity contribution is 0.244. The van der Waals surface area contributed by atoms with Crippen LogP contribution in [0.25, 0.3) is 0 Å². The highest BCUT2D eigenvalue weighted by Gasteiger charge is 1.99. The first kappa shape index (κ1) is 12.4. The van der Waals surface area contributed by atoms with Gasteiger partial charge in [0.1, 0.15) is 12.4 Å². The maximum absolute atomic E-state index is 10.4. The molecule has 2 amide bonds. The molecule has 0 aromatic heterocycles. The van der Waals surface area contributed by atoms with Gasteiger partial charge in [-0.25, -0.2) is 4.79 Å². The van der Waals surface area contributed by atoms with Crippen molar-refractivity contribution >= 4 is 6.03 Å². The van der Waals surface area contributed by atoms with E-state index in [0.29, 0.717) is 19.1 Å². The van der Waals surface area contributed by atoms with Crippen molar-refractivity contribution in [2.24, 2.45) is 5.73 Å². The summed E-state index contributed by atoms with van der Waals surface area (Å²) in [5.41, 5.74) is 6.20. The summed E-state index contributed by atoms with van der Waals surface area (Å²) in [5, 5.41) is 2.46. The summed E-state index contributed by atoms with van der Waals surface area (Å²) >= 11 is 0. The molecule has 0 radical (unpaired) electrons. The molecule has 1 aromatic carbocycles. The van der Waals surface area contributed by atoms with Crippen molar-refractivity contribution in [1.82, 2.24) is 5.32 Å². The van der Waals surface area contributed by atoms with Crippen LogP contribution in [-0.4, -0.2) is 19.2 Å². The SMILES string of the molecule is CC(C)c1ccc(OCCNC(N)=O)cc1. The zero-order valence-corrected chi connectivity index (χ0v) is 9.69. The zero-order valence-electron chi connectivity index (χ0n) is 9.69. The molecule has 4 heteroatoms. The molecular weight excluding hydrogens is 204 g/mol. The first-order chi connectivity index (χ1) is 7.59. The van der Waals surface area contributed by atoms with E-state index in [1.54, 1.807) is 0 Å². The van der Waals surface area contributed by atoms with Crippen molar-refractivity contribution < 1.29 is 9.53 Å². The molecule has 16 heavy (non-hydrogen) atoms. The van der Waals surface area contributed by atoms with Crippen LogP contribution in [0, 0.1) is 0 Å². The van der Waals surface area contributed by atoms with E-state index in [4.69, 9.17) is 10.5 Å². The average Bonchev–Trinajstić information content (AvgIpc) is 2.25. The van der Waals surface area contributed by atoms with Gasteiger partial charge in [-0.2, -0.15) is 0 Å². The van der Waals surface area contributed by atoms with Crippen molar-refractivity contribution in [2.75, 3.05) is 13.2 Å². The van der Waals surface area contributed by atoms with Gasteiger partial charge in [-0.05, 0) is 23.6 Å². The van der Waals surface area contributed by atoms with E-state index in [1.165, 1.54) is 5.56 Å². The summed E-state index contributed by atoms with van der Waals surface area (Å²) in [5.74, 6) is 1.32. The Morgan fingerprint density at radius 3 is 2.50 bits per heavy atom. The fraction of sp³-hybridized carbons (Fsp3) is 0.417. The normalized spacial score (nSPS) is 10.2. The van der Waals surface area contributed by atoms with Gasteiger partial charge in [-0.3, -0.25) is 0 Å². The predicted molar refractivity (Wildman–Crippen MR) is 63.6 cm³/mol. The zero-order chi connectivity index (χ0) is 12.0. The van der Waals surface area contributed by atoms with Crippen molar-refractivity contribution in [3.63, 3.8) is 0 Å². The highest BCUT2D eigenvalue weighted by molar-refractivity contribution is 5.71. The molecule has 0 heterocycles. The van der Waals surface area contributed by atoms with Crippen LogP contribution < -0.4 is 15.8 Å². The highest BCUT2D eigenvalue weighted by atomic mass is 16.5. The van der Waals surface area contributed by atoms with Gasteiger partial charge in [0.2, 0.25) is 0 Å². The Bertz CT molecular complexity index is 333. The molecule has 1 rings (SSSR count). The molecule has 0 bridgehead atoms. The molecule has 0 atom stereocenters. The van der Waals surface area contributed by atoms with E-state index in [1.807, 2.05) is 24.3 Å². The second kappa shape index (κ2) is 6.00. The summed E-state index contributed by atoms with van der Waals surface area (Å²) in [7, 11) is 0. The van der Waals surface area contributed by atoms with E-state index >= 15 is 0 Å². The van der Waals surface area contributed by atoms with Gasteiger partial charge in [-0.1, -0.05) is 26.0 Å². The quantitative estimate of drug-likeness (QED) is 0.747. The Labute approximate surface area is 95.8 Å². The number of carbonyl (C=O) groups excluding carboxylic acids is 1. The third kappa shape index (κ3) is 4.21. The molecule has 0 spiro atoms. The average molecular weight is 222 g/mol. The van der Waals surface area contributed by atoms with Crippen LogP contribution >= 0.6 is 0 Å². The number of hydrogen-bond acceptors (Lipinski definition) is 2. The Hall–Kier alpha value is -1.71. The summed E-state index contributed by atoms with van der Waals surface area (Å²) in [4.78, 5) is 10.4. The van der Waals surface area contributed by atoms with Gasteiger partial charge in [0.05, 0.1) is 6.54 Å². The van der Waals surface area contributed by atoms with Crippen LogP contribution in [-0.2, 0) is 0 Å². The fourth-order valence-corrected chi connectivity index (χ4v) is 1.29. The number of rotatable bonds is 5.